The van der Waals surface area contributed by atoms with E-state index >= 15 is 0 Å². The number of fused-ring (bicyclic) bond motifs is 2. The van der Waals surface area contributed by atoms with E-state index in [0.717, 1.165) is 32.5 Å². The predicted octanol–water partition coefficient (Wildman–Crippen LogP) is 3.38. The van der Waals surface area contributed by atoms with Gasteiger partial charge in [0.05, 0.1) is 0 Å². The molecule has 2 bridgehead atoms. The molecular weight excluding hydrogens is 345 g/mol. The Balaban J connectivity index is 0.00000264. The summed E-state index contributed by atoms with van der Waals surface area (Å²) in [5.41, 5.74) is 0. The second-order valence-electron chi connectivity index (χ2n) is 7.32. The fourth-order valence-electron chi connectivity index (χ4n) is 4.17. The zero-order chi connectivity index (χ0) is 15.9. The van der Waals surface area contributed by atoms with Gasteiger partial charge in [-0.05, 0) is 71.0 Å². The molecule has 1 amide bonds. The molecule has 0 aromatic rings. The van der Waals surface area contributed by atoms with E-state index in [1.807, 2.05) is 0 Å². The van der Waals surface area contributed by atoms with Crippen LogP contribution in [0.1, 0.15) is 65.7 Å². The second-order valence-corrected chi connectivity index (χ2v) is 7.32. The van der Waals surface area contributed by atoms with Gasteiger partial charge in [-0.15, -0.1) is 24.8 Å². The summed E-state index contributed by atoms with van der Waals surface area (Å²) in [7, 11) is 0. The normalized spacial score (nSPS) is 26.4. The minimum absolute atomic E-state index is 0. The number of carbonyl (C=O) groups excluding carboxylic acids is 1. The molecule has 0 aromatic carbocycles. The molecule has 2 heterocycles. The van der Waals surface area contributed by atoms with Gasteiger partial charge in [0.1, 0.15) is 0 Å². The number of halogens is 2. The summed E-state index contributed by atoms with van der Waals surface area (Å²) in [6, 6.07) is 1.67. The zero-order valence-corrected chi connectivity index (χ0v) is 17.2. The summed E-state index contributed by atoms with van der Waals surface area (Å²) >= 11 is 0. The molecule has 0 spiro atoms. The SMILES string of the molecule is CCN(CC)CCCC(C)NC(=O)CC1CC2CCC(C1)N2.Cl.Cl. The van der Waals surface area contributed by atoms with Crippen LogP contribution in [0.3, 0.4) is 0 Å². The van der Waals surface area contributed by atoms with Crippen molar-refractivity contribution in [3.8, 4) is 0 Å². The van der Waals surface area contributed by atoms with E-state index in [0.29, 0.717) is 24.0 Å². The highest BCUT2D eigenvalue weighted by atomic mass is 35.5. The minimum atomic E-state index is 0. The van der Waals surface area contributed by atoms with E-state index in [1.54, 1.807) is 0 Å². The first-order valence-electron chi connectivity index (χ1n) is 9.38. The summed E-state index contributed by atoms with van der Waals surface area (Å²) in [6.07, 6.45) is 7.99. The average Bonchev–Trinajstić information content (AvgIpc) is 2.82. The molecule has 144 valence electrons. The van der Waals surface area contributed by atoms with Gasteiger partial charge in [-0.25, -0.2) is 0 Å². The Labute approximate surface area is 160 Å². The van der Waals surface area contributed by atoms with Crippen LogP contribution in [0.4, 0.5) is 0 Å². The van der Waals surface area contributed by atoms with Gasteiger partial charge in [-0.1, -0.05) is 13.8 Å². The molecule has 2 saturated heterocycles. The highest BCUT2D eigenvalue weighted by Crippen LogP contribution is 2.32. The molecule has 0 radical (unpaired) electrons. The Morgan fingerprint density at radius 3 is 2.29 bits per heavy atom. The Kier molecular flexibility index (Phi) is 12.3. The first kappa shape index (κ1) is 24.0. The fourth-order valence-corrected chi connectivity index (χ4v) is 4.17. The molecule has 0 aromatic heterocycles. The molecule has 24 heavy (non-hydrogen) atoms. The van der Waals surface area contributed by atoms with Crippen LogP contribution < -0.4 is 10.6 Å². The van der Waals surface area contributed by atoms with Crippen LogP contribution in [0.5, 0.6) is 0 Å². The van der Waals surface area contributed by atoms with Crippen molar-refractivity contribution in [1.82, 2.24) is 15.5 Å². The van der Waals surface area contributed by atoms with E-state index in [-0.39, 0.29) is 30.7 Å². The van der Waals surface area contributed by atoms with E-state index in [4.69, 9.17) is 0 Å². The van der Waals surface area contributed by atoms with Crippen LogP contribution in [0.2, 0.25) is 0 Å². The lowest BCUT2D eigenvalue weighted by molar-refractivity contribution is -0.122. The van der Waals surface area contributed by atoms with Crippen molar-refractivity contribution in [3.05, 3.63) is 0 Å². The van der Waals surface area contributed by atoms with Crippen molar-refractivity contribution < 1.29 is 4.79 Å². The van der Waals surface area contributed by atoms with Gasteiger partial charge in [-0.2, -0.15) is 0 Å². The lowest BCUT2D eigenvalue weighted by Crippen LogP contribution is -2.41. The number of nitrogens with zero attached hydrogens (tertiary/aromatic N) is 1. The molecule has 3 unspecified atom stereocenters. The summed E-state index contributed by atoms with van der Waals surface area (Å²) < 4.78 is 0. The Morgan fingerprint density at radius 2 is 1.75 bits per heavy atom. The van der Waals surface area contributed by atoms with Gasteiger partial charge in [0.2, 0.25) is 5.91 Å². The van der Waals surface area contributed by atoms with Crippen LogP contribution >= 0.6 is 24.8 Å². The number of carbonyl (C=O) groups is 1. The molecule has 2 N–H and O–H groups in total. The van der Waals surface area contributed by atoms with Crippen molar-refractivity contribution in [1.29, 1.82) is 0 Å². The standard InChI is InChI=1S/C18H35N3O.2ClH/c1-4-21(5-2)10-6-7-14(3)19-18(22)13-15-11-16-8-9-17(12-15)20-16;;/h14-17,20H,4-13H2,1-3H3,(H,19,22);2*1H. The van der Waals surface area contributed by atoms with Crippen LogP contribution in [-0.4, -0.2) is 48.6 Å². The highest BCUT2D eigenvalue weighted by Gasteiger charge is 2.34. The first-order chi connectivity index (χ1) is 10.6. The summed E-state index contributed by atoms with van der Waals surface area (Å²) in [6.45, 7) is 9.95. The van der Waals surface area contributed by atoms with Gasteiger partial charge in [0.15, 0.2) is 0 Å². The van der Waals surface area contributed by atoms with Gasteiger partial charge in [0.25, 0.3) is 0 Å². The molecule has 0 aliphatic carbocycles. The van der Waals surface area contributed by atoms with Gasteiger partial charge < -0.3 is 15.5 Å². The molecular formula is C18H37Cl2N3O. The van der Waals surface area contributed by atoms with Gasteiger partial charge in [-0.3, -0.25) is 4.79 Å². The largest absolute Gasteiger partial charge is 0.354 e. The number of hydrogen-bond donors (Lipinski definition) is 2. The van der Waals surface area contributed by atoms with Crippen molar-refractivity contribution in [2.45, 2.75) is 83.8 Å². The maximum atomic E-state index is 12.2. The summed E-state index contributed by atoms with van der Waals surface area (Å²) in [4.78, 5) is 14.7. The van der Waals surface area contributed by atoms with E-state index in [9.17, 15) is 4.79 Å². The number of hydrogen-bond acceptors (Lipinski definition) is 3. The van der Waals surface area contributed by atoms with Crippen molar-refractivity contribution in [2.24, 2.45) is 5.92 Å². The highest BCUT2D eigenvalue weighted by molar-refractivity contribution is 5.85. The molecule has 3 atom stereocenters. The second kappa shape index (κ2) is 12.3. The maximum absolute atomic E-state index is 12.2. The fraction of sp³-hybridized carbons (Fsp3) is 0.944. The third-order valence-corrected chi connectivity index (χ3v) is 5.46. The van der Waals surface area contributed by atoms with Crippen LogP contribution in [-0.2, 0) is 4.79 Å². The Hall–Kier alpha value is -0.0300. The average molecular weight is 382 g/mol. The van der Waals surface area contributed by atoms with Crippen LogP contribution in [0, 0.1) is 5.92 Å². The summed E-state index contributed by atoms with van der Waals surface area (Å²) in [5, 5.41) is 6.86. The Bertz CT molecular complexity index is 341. The predicted molar refractivity (Wildman–Crippen MR) is 106 cm³/mol. The quantitative estimate of drug-likeness (QED) is 0.643. The third kappa shape index (κ3) is 7.90. The smallest absolute Gasteiger partial charge is 0.220 e. The summed E-state index contributed by atoms with van der Waals surface area (Å²) in [5.74, 6) is 0.864. The molecule has 6 heteroatoms. The van der Waals surface area contributed by atoms with Crippen molar-refractivity contribution >= 4 is 30.7 Å². The van der Waals surface area contributed by atoms with Crippen LogP contribution in [0.15, 0.2) is 0 Å². The molecule has 2 aliphatic rings. The van der Waals surface area contributed by atoms with E-state index in [1.165, 1.54) is 32.1 Å². The molecule has 2 aliphatic heterocycles. The minimum Gasteiger partial charge on any atom is -0.354 e. The maximum Gasteiger partial charge on any atom is 0.220 e. The lowest BCUT2D eigenvalue weighted by Gasteiger charge is -2.29. The molecule has 0 saturated carbocycles. The lowest BCUT2D eigenvalue weighted by atomic mass is 9.89. The van der Waals surface area contributed by atoms with Crippen LogP contribution in [0.25, 0.3) is 0 Å². The van der Waals surface area contributed by atoms with Crippen molar-refractivity contribution in [3.63, 3.8) is 0 Å². The van der Waals surface area contributed by atoms with E-state index < -0.39 is 0 Å². The topological polar surface area (TPSA) is 44.4 Å². The number of nitrogens with one attached hydrogen (secondary N) is 2. The number of rotatable bonds is 9. The molecule has 2 fully saturated rings. The molecule has 4 nitrogen and oxygen atoms in total. The third-order valence-electron chi connectivity index (χ3n) is 5.46. The van der Waals surface area contributed by atoms with Gasteiger partial charge >= 0.3 is 0 Å². The Morgan fingerprint density at radius 1 is 1.17 bits per heavy atom. The number of amides is 1. The van der Waals surface area contributed by atoms with E-state index in [2.05, 4.69) is 36.3 Å². The molecule has 2 rings (SSSR count). The monoisotopic (exact) mass is 381 g/mol. The first-order valence-corrected chi connectivity index (χ1v) is 9.38. The number of piperidine rings is 1. The van der Waals surface area contributed by atoms with Crippen molar-refractivity contribution in [2.75, 3.05) is 19.6 Å². The van der Waals surface area contributed by atoms with Gasteiger partial charge in [0, 0.05) is 24.5 Å². The zero-order valence-electron chi connectivity index (χ0n) is 15.6.